The predicted octanol–water partition coefficient (Wildman–Crippen LogP) is 1.40. The van der Waals surface area contributed by atoms with E-state index >= 15 is 0 Å². The highest BCUT2D eigenvalue weighted by Gasteiger charge is 2.10. The molecule has 0 atom stereocenters. The van der Waals surface area contributed by atoms with Gasteiger partial charge in [-0.1, -0.05) is 12.2 Å². The summed E-state index contributed by atoms with van der Waals surface area (Å²) in [7, 11) is 0. The minimum Gasteiger partial charge on any atom is -0.462 e. The van der Waals surface area contributed by atoms with Crippen molar-refractivity contribution in [3.05, 3.63) is 23.3 Å². The molecule has 19 heavy (non-hydrogen) atoms. The summed E-state index contributed by atoms with van der Waals surface area (Å²) in [6.45, 7) is 3.59. The zero-order chi connectivity index (χ0) is 14.7. The number of hydrogen-bond donors (Lipinski definition) is 0. The molecule has 0 saturated heterocycles. The molecule has 100 valence electrons. The maximum atomic E-state index is 11.3. The second kappa shape index (κ2) is 9.43. The Morgan fingerprint density at radius 2 is 1.32 bits per heavy atom. The van der Waals surface area contributed by atoms with E-state index in [2.05, 4.69) is 9.47 Å². The van der Waals surface area contributed by atoms with E-state index in [0.29, 0.717) is 0 Å². The summed E-state index contributed by atoms with van der Waals surface area (Å²) in [5.74, 6) is -1.46. The third kappa shape index (κ3) is 6.04. The summed E-state index contributed by atoms with van der Waals surface area (Å²) in [4.78, 5) is 22.5. The number of esters is 2. The fourth-order valence-electron chi connectivity index (χ4n) is 1.06. The molecule has 6 heteroatoms. The second-order valence-corrected chi connectivity index (χ2v) is 3.14. The zero-order valence-electron chi connectivity index (χ0n) is 10.8. The molecule has 0 radical (unpaired) electrons. The van der Waals surface area contributed by atoms with Gasteiger partial charge in [0.05, 0.1) is 13.2 Å². The van der Waals surface area contributed by atoms with E-state index in [4.69, 9.17) is 10.5 Å². The summed E-state index contributed by atoms with van der Waals surface area (Å²) < 4.78 is 9.32. The number of carbonyl (C=O) groups excluding carboxylic acids is 2. The molecule has 0 bridgehead atoms. The first-order chi connectivity index (χ1) is 9.10. The monoisotopic (exact) mass is 262 g/mol. The van der Waals surface area contributed by atoms with Crippen molar-refractivity contribution in [3.63, 3.8) is 0 Å². The van der Waals surface area contributed by atoms with Crippen LogP contribution in [0, 0.1) is 22.7 Å². The van der Waals surface area contributed by atoms with Crippen LogP contribution < -0.4 is 0 Å². The van der Waals surface area contributed by atoms with Crippen LogP contribution in [-0.4, -0.2) is 25.2 Å². The number of ether oxygens (including phenoxy) is 2. The minimum atomic E-state index is -0.729. The third-order valence-corrected chi connectivity index (χ3v) is 1.88. The molecule has 0 amide bonds. The summed E-state index contributed by atoms with van der Waals surface area (Å²) in [6.07, 6.45) is 2.66. The van der Waals surface area contributed by atoms with Gasteiger partial charge in [0.2, 0.25) is 0 Å². The fourth-order valence-corrected chi connectivity index (χ4v) is 1.06. The first kappa shape index (κ1) is 16.4. The maximum absolute atomic E-state index is 11.3. The molecule has 0 rings (SSSR count). The lowest BCUT2D eigenvalue weighted by Crippen LogP contribution is -2.07. The molecule has 0 aromatic carbocycles. The smallest absolute Gasteiger partial charge is 0.348 e. The van der Waals surface area contributed by atoms with Gasteiger partial charge in [0, 0.05) is 0 Å². The number of carbonyl (C=O) groups is 2. The Bertz CT molecular complexity index is 434. The van der Waals surface area contributed by atoms with E-state index in [1.54, 1.807) is 26.0 Å². The minimum absolute atomic E-state index is 0.0867. The van der Waals surface area contributed by atoms with Crippen molar-refractivity contribution in [2.75, 3.05) is 13.2 Å². The van der Waals surface area contributed by atoms with E-state index in [0.717, 1.165) is 0 Å². The van der Waals surface area contributed by atoms with Gasteiger partial charge in [-0.2, -0.15) is 10.5 Å². The molecule has 0 unspecified atom stereocenters. The van der Waals surface area contributed by atoms with E-state index in [1.807, 2.05) is 0 Å². The standard InChI is InChI=1S/C13H14N2O4/c1-3-18-12(16)10(8-14)6-5-7-11(9-15)13(17)19-4-2/h6-7H,3-5H2,1-2H3/b10-6+,11-7+. The average Bonchev–Trinajstić information content (AvgIpc) is 2.39. The highest BCUT2D eigenvalue weighted by atomic mass is 16.5. The Morgan fingerprint density at radius 3 is 1.58 bits per heavy atom. The molecule has 0 saturated carbocycles. The summed E-state index contributed by atoms with van der Waals surface area (Å²) in [5.41, 5.74) is -0.335. The van der Waals surface area contributed by atoms with Crippen LogP contribution in [0.25, 0.3) is 0 Å². The van der Waals surface area contributed by atoms with Gasteiger partial charge in [-0.05, 0) is 20.3 Å². The van der Waals surface area contributed by atoms with Crippen molar-refractivity contribution >= 4 is 11.9 Å². The number of nitrogens with zero attached hydrogens (tertiary/aromatic N) is 2. The van der Waals surface area contributed by atoms with Gasteiger partial charge in [0.1, 0.15) is 23.3 Å². The van der Waals surface area contributed by atoms with Gasteiger partial charge in [0.15, 0.2) is 0 Å². The average molecular weight is 262 g/mol. The molecule has 0 aliphatic rings. The summed E-state index contributed by atoms with van der Waals surface area (Å²) in [5, 5.41) is 17.5. The summed E-state index contributed by atoms with van der Waals surface area (Å²) >= 11 is 0. The number of rotatable bonds is 6. The molecule has 0 fully saturated rings. The Labute approximate surface area is 111 Å². The van der Waals surface area contributed by atoms with Gasteiger partial charge in [0.25, 0.3) is 0 Å². The Hall–Kier alpha value is -2.60. The van der Waals surface area contributed by atoms with Crippen molar-refractivity contribution in [2.24, 2.45) is 0 Å². The van der Waals surface area contributed by atoms with Gasteiger partial charge in [-0.3, -0.25) is 0 Å². The Kier molecular flexibility index (Phi) is 8.14. The fraction of sp³-hybridized carbons (Fsp3) is 0.385. The van der Waals surface area contributed by atoms with E-state index in [-0.39, 0.29) is 30.8 Å². The molecule has 0 aliphatic carbocycles. The highest BCUT2D eigenvalue weighted by molar-refractivity contribution is 5.93. The largest absolute Gasteiger partial charge is 0.462 e. The molecular weight excluding hydrogens is 248 g/mol. The molecule has 0 aliphatic heterocycles. The van der Waals surface area contributed by atoms with E-state index in [1.165, 1.54) is 12.2 Å². The van der Waals surface area contributed by atoms with Crippen molar-refractivity contribution < 1.29 is 19.1 Å². The maximum Gasteiger partial charge on any atom is 0.348 e. The zero-order valence-corrected chi connectivity index (χ0v) is 10.8. The Balaban J connectivity index is 4.77. The summed E-state index contributed by atoms with van der Waals surface area (Å²) in [6, 6.07) is 3.38. The molecule has 6 nitrogen and oxygen atoms in total. The third-order valence-electron chi connectivity index (χ3n) is 1.88. The molecule has 0 spiro atoms. The van der Waals surface area contributed by atoms with Crippen molar-refractivity contribution in [2.45, 2.75) is 20.3 Å². The Morgan fingerprint density at radius 1 is 0.947 bits per heavy atom. The normalized spacial score (nSPS) is 11.2. The molecule has 0 aromatic heterocycles. The van der Waals surface area contributed by atoms with Crippen LogP contribution in [0.3, 0.4) is 0 Å². The molecular formula is C13H14N2O4. The SMILES string of the molecule is CCOC(=O)/C(C#N)=C/C/C=C(\C#N)C(=O)OCC. The van der Waals surface area contributed by atoms with Gasteiger partial charge >= 0.3 is 11.9 Å². The quantitative estimate of drug-likeness (QED) is 0.407. The van der Waals surface area contributed by atoms with Crippen LogP contribution in [0.2, 0.25) is 0 Å². The number of allylic oxidation sites excluding steroid dienone is 2. The predicted molar refractivity (Wildman–Crippen MR) is 65.3 cm³/mol. The van der Waals surface area contributed by atoms with Crippen molar-refractivity contribution in [1.82, 2.24) is 0 Å². The van der Waals surface area contributed by atoms with Gasteiger partial charge in [-0.25, -0.2) is 9.59 Å². The van der Waals surface area contributed by atoms with Gasteiger partial charge in [-0.15, -0.1) is 0 Å². The lowest BCUT2D eigenvalue weighted by molar-refractivity contribution is -0.138. The lowest BCUT2D eigenvalue weighted by atomic mass is 10.2. The topological polar surface area (TPSA) is 100 Å². The van der Waals surface area contributed by atoms with E-state index < -0.39 is 11.9 Å². The molecule has 0 N–H and O–H groups in total. The van der Waals surface area contributed by atoms with Crippen LogP contribution in [0.5, 0.6) is 0 Å². The highest BCUT2D eigenvalue weighted by Crippen LogP contribution is 2.04. The van der Waals surface area contributed by atoms with Gasteiger partial charge < -0.3 is 9.47 Å². The molecule has 0 heterocycles. The first-order valence-corrected chi connectivity index (χ1v) is 5.65. The van der Waals surface area contributed by atoms with Crippen molar-refractivity contribution in [3.8, 4) is 12.1 Å². The lowest BCUT2D eigenvalue weighted by Gasteiger charge is -1.99. The van der Waals surface area contributed by atoms with Crippen LogP contribution in [0.15, 0.2) is 23.3 Å². The first-order valence-electron chi connectivity index (χ1n) is 5.65. The van der Waals surface area contributed by atoms with Crippen LogP contribution in [-0.2, 0) is 19.1 Å². The van der Waals surface area contributed by atoms with Crippen LogP contribution in [0.1, 0.15) is 20.3 Å². The number of nitriles is 2. The van der Waals surface area contributed by atoms with Crippen molar-refractivity contribution in [1.29, 1.82) is 10.5 Å². The second-order valence-electron chi connectivity index (χ2n) is 3.14. The molecule has 0 aromatic rings. The van der Waals surface area contributed by atoms with Crippen LogP contribution in [0.4, 0.5) is 0 Å². The van der Waals surface area contributed by atoms with Crippen LogP contribution >= 0.6 is 0 Å². The van der Waals surface area contributed by atoms with E-state index in [9.17, 15) is 9.59 Å². The number of hydrogen-bond acceptors (Lipinski definition) is 6.